The normalized spacial score (nSPS) is 14.9. The fourth-order valence-electron chi connectivity index (χ4n) is 2.41. The van der Waals surface area contributed by atoms with E-state index in [1.54, 1.807) is 0 Å². The molecule has 0 saturated carbocycles. The van der Waals surface area contributed by atoms with Crippen LogP contribution in [0.5, 0.6) is 0 Å². The van der Waals surface area contributed by atoms with E-state index in [4.69, 9.17) is 0 Å². The number of anilines is 1. The van der Waals surface area contributed by atoms with Crippen LogP contribution in [-0.4, -0.2) is 34.2 Å². The van der Waals surface area contributed by atoms with Crippen LogP contribution in [0.1, 0.15) is 24.8 Å². The fraction of sp³-hybridized carbons (Fsp3) is 0.333. The van der Waals surface area contributed by atoms with E-state index in [0.717, 1.165) is 20.7 Å². The summed E-state index contributed by atoms with van der Waals surface area (Å²) in [5.74, 6) is -0.647. The molecule has 114 valence electrons. The van der Waals surface area contributed by atoms with Crippen LogP contribution in [-0.2, 0) is 14.4 Å². The minimum absolute atomic E-state index is 0.0897. The summed E-state index contributed by atoms with van der Waals surface area (Å²) in [6.45, 7) is 2.10. The van der Waals surface area contributed by atoms with Gasteiger partial charge in [0.2, 0.25) is 17.7 Å². The van der Waals surface area contributed by atoms with Crippen molar-refractivity contribution in [2.24, 2.45) is 0 Å². The Morgan fingerprint density at radius 2 is 2.05 bits per heavy atom. The summed E-state index contributed by atoms with van der Waals surface area (Å²) in [5.41, 5.74) is 1.94. The maximum atomic E-state index is 12.0. The molecule has 1 aromatic heterocycles. The maximum absolute atomic E-state index is 12.0. The van der Waals surface area contributed by atoms with Gasteiger partial charge in [-0.3, -0.25) is 19.3 Å². The van der Waals surface area contributed by atoms with Gasteiger partial charge in [-0.05, 0) is 18.6 Å². The zero-order valence-corrected chi connectivity index (χ0v) is 12.9. The number of hydrogen-bond acceptors (Lipinski definition) is 5. The van der Waals surface area contributed by atoms with E-state index in [2.05, 4.69) is 10.3 Å². The number of thiazole rings is 1. The molecule has 2 aromatic rings. The van der Waals surface area contributed by atoms with Crippen molar-refractivity contribution in [3.8, 4) is 0 Å². The zero-order valence-electron chi connectivity index (χ0n) is 12.1. The second-order valence-electron chi connectivity index (χ2n) is 5.18. The van der Waals surface area contributed by atoms with Crippen molar-refractivity contribution >= 4 is 44.4 Å². The SMILES string of the molecule is Cc1cccc2sc(NC(=O)CCN3C(=O)CCC3=O)nc12. The highest BCUT2D eigenvalue weighted by Crippen LogP contribution is 2.27. The molecule has 6 nitrogen and oxygen atoms in total. The first-order valence-electron chi connectivity index (χ1n) is 7.04. The molecule has 7 heteroatoms. The molecule has 0 radical (unpaired) electrons. The largest absolute Gasteiger partial charge is 0.302 e. The molecule has 1 N–H and O–H groups in total. The van der Waals surface area contributed by atoms with E-state index < -0.39 is 0 Å². The van der Waals surface area contributed by atoms with Gasteiger partial charge in [0.15, 0.2) is 5.13 Å². The van der Waals surface area contributed by atoms with Crippen LogP contribution in [0.25, 0.3) is 10.2 Å². The summed E-state index contributed by atoms with van der Waals surface area (Å²) in [5, 5.41) is 3.27. The Morgan fingerprint density at radius 3 is 2.73 bits per heavy atom. The third-order valence-corrected chi connectivity index (χ3v) is 4.52. The van der Waals surface area contributed by atoms with Crippen molar-refractivity contribution in [3.05, 3.63) is 23.8 Å². The Balaban J connectivity index is 1.62. The monoisotopic (exact) mass is 317 g/mol. The number of benzene rings is 1. The molecule has 1 aliphatic heterocycles. The summed E-state index contributed by atoms with van der Waals surface area (Å²) < 4.78 is 1.01. The standard InChI is InChI=1S/C15H15N3O3S/c1-9-3-2-4-10-14(9)17-15(22-10)16-11(19)7-8-18-12(20)5-6-13(18)21/h2-4H,5-8H2,1H3,(H,16,17,19). The number of nitrogens with one attached hydrogen (secondary N) is 1. The van der Waals surface area contributed by atoms with E-state index in [0.29, 0.717) is 5.13 Å². The van der Waals surface area contributed by atoms with Gasteiger partial charge in [0.1, 0.15) is 0 Å². The fourth-order valence-corrected chi connectivity index (χ4v) is 3.37. The summed E-state index contributed by atoms with van der Waals surface area (Å²) in [7, 11) is 0. The molecule has 2 heterocycles. The number of carbonyl (C=O) groups is 3. The third-order valence-electron chi connectivity index (χ3n) is 3.58. The molecule has 0 atom stereocenters. The van der Waals surface area contributed by atoms with E-state index in [1.165, 1.54) is 11.3 Å². The summed E-state index contributed by atoms with van der Waals surface area (Å²) in [6, 6.07) is 5.88. The van der Waals surface area contributed by atoms with Crippen LogP contribution in [0, 0.1) is 6.92 Å². The van der Waals surface area contributed by atoms with Crippen LogP contribution in [0.3, 0.4) is 0 Å². The average Bonchev–Trinajstić information content (AvgIpc) is 3.02. The lowest BCUT2D eigenvalue weighted by Gasteiger charge is -2.12. The van der Waals surface area contributed by atoms with Crippen molar-refractivity contribution in [2.45, 2.75) is 26.2 Å². The molecule has 3 amide bonds. The number of hydrogen-bond donors (Lipinski definition) is 1. The summed E-state index contributed by atoms with van der Waals surface area (Å²) >= 11 is 1.41. The topological polar surface area (TPSA) is 79.4 Å². The molecule has 3 rings (SSSR count). The Labute approximate surface area is 131 Å². The molecule has 1 saturated heterocycles. The van der Waals surface area contributed by atoms with E-state index >= 15 is 0 Å². The van der Waals surface area contributed by atoms with Gasteiger partial charge in [-0.1, -0.05) is 23.5 Å². The lowest BCUT2D eigenvalue weighted by Crippen LogP contribution is -2.32. The number of fused-ring (bicyclic) bond motifs is 1. The third kappa shape index (κ3) is 2.85. The van der Waals surface area contributed by atoms with Gasteiger partial charge in [0.05, 0.1) is 10.2 Å². The molecule has 0 spiro atoms. The quantitative estimate of drug-likeness (QED) is 0.876. The number of aryl methyl sites for hydroxylation is 1. The second kappa shape index (κ2) is 5.84. The van der Waals surface area contributed by atoms with Gasteiger partial charge in [0.25, 0.3) is 0 Å². The number of para-hydroxylation sites is 1. The molecule has 1 aliphatic rings. The number of rotatable bonds is 4. The smallest absolute Gasteiger partial charge is 0.229 e. The Morgan fingerprint density at radius 1 is 1.32 bits per heavy atom. The summed E-state index contributed by atoms with van der Waals surface area (Å²) in [4.78, 5) is 40.5. The van der Waals surface area contributed by atoms with Crippen LogP contribution >= 0.6 is 11.3 Å². The van der Waals surface area contributed by atoms with Crippen molar-refractivity contribution in [1.82, 2.24) is 9.88 Å². The molecule has 0 bridgehead atoms. The van der Waals surface area contributed by atoms with Gasteiger partial charge in [-0.25, -0.2) is 4.98 Å². The Hall–Kier alpha value is -2.28. The lowest BCUT2D eigenvalue weighted by molar-refractivity contribution is -0.138. The molecule has 1 aromatic carbocycles. The number of aromatic nitrogens is 1. The number of amides is 3. The minimum atomic E-state index is -0.246. The first-order valence-corrected chi connectivity index (χ1v) is 7.85. The molecule has 0 aliphatic carbocycles. The van der Waals surface area contributed by atoms with Crippen LogP contribution in [0.4, 0.5) is 5.13 Å². The van der Waals surface area contributed by atoms with Gasteiger partial charge < -0.3 is 5.32 Å². The highest BCUT2D eigenvalue weighted by atomic mass is 32.1. The Kier molecular flexibility index (Phi) is 3.89. The Bertz CT molecular complexity index is 752. The molecular weight excluding hydrogens is 302 g/mol. The van der Waals surface area contributed by atoms with E-state index in [1.807, 2.05) is 25.1 Å². The molecule has 0 unspecified atom stereocenters. The number of likely N-dealkylation sites (tertiary alicyclic amines) is 1. The predicted octanol–water partition coefficient (Wildman–Crippen LogP) is 2.08. The number of nitrogens with zero attached hydrogens (tertiary/aromatic N) is 2. The second-order valence-corrected chi connectivity index (χ2v) is 6.21. The van der Waals surface area contributed by atoms with E-state index in [-0.39, 0.29) is 43.5 Å². The zero-order chi connectivity index (χ0) is 15.7. The number of imide groups is 1. The molecular formula is C15H15N3O3S. The van der Waals surface area contributed by atoms with Crippen LogP contribution in [0.2, 0.25) is 0 Å². The van der Waals surface area contributed by atoms with Crippen molar-refractivity contribution in [1.29, 1.82) is 0 Å². The predicted molar refractivity (Wildman–Crippen MR) is 83.6 cm³/mol. The molecule has 1 fully saturated rings. The highest BCUT2D eigenvalue weighted by Gasteiger charge is 2.28. The van der Waals surface area contributed by atoms with Crippen molar-refractivity contribution in [3.63, 3.8) is 0 Å². The summed E-state index contributed by atoms with van der Waals surface area (Å²) in [6.07, 6.45) is 0.585. The first kappa shape index (κ1) is 14.6. The van der Waals surface area contributed by atoms with Gasteiger partial charge in [0, 0.05) is 25.8 Å². The van der Waals surface area contributed by atoms with Crippen LogP contribution < -0.4 is 5.32 Å². The van der Waals surface area contributed by atoms with Crippen molar-refractivity contribution < 1.29 is 14.4 Å². The maximum Gasteiger partial charge on any atom is 0.229 e. The highest BCUT2D eigenvalue weighted by molar-refractivity contribution is 7.22. The van der Waals surface area contributed by atoms with Gasteiger partial charge in [-0.15, -0.1) is 0 Å². The molecule has 22 heavy (non-hydrogen) atoms. The van der Waals surface area contributed by atoms with Gasteiger partial charge >= 0.3 is 0 Å². The van der Waals surface area contributed by atoms with Crippen molar-refractivity contribution in [2.75, 3.05) is 11.9 Å². The average molecular weight is 317 g/mol. The lowest BCUT2D eigenvalue weighted by atomic mass is 10.2. The van der Waals surface area contributed by atoms with Gasteiger partial charge in [-0.2, -0.15) is 0 Å². The number of carbonyl (C=O) groups excluding carboxylic acids is 3. The van der Waals surface area contributed by atoms with E-state index in [9.17, 15) is 14.4 Å². The van der Waals surface area contributed by atoms with Crippen LogP contribution in [0.15, 0.2) is 18.2 Å². The minimum Gasteiger partial charge on any atom is -0.302 e. The first-order chi connectivity index (χ1) is 10.5.